The highest BCUT2D eigenvalue weighted by Crippen LogP contribution is 2.30. The first kappa shape index (κ1) is 25.6. The van der Waals surface area contributed by atoms with Gasteiger partial charge in [0.15, 0.2) is 0 Å². The van der Waals surface area contributed by atoms with Gasteiger partial charge in [-0.1, -0.05) is 38.5 Å². The summed E-state index contributed by atoms with van der Waals surface area (Å²) in [6.07, 6.45) is 15.3. The van der Waals surface area contributed by atoms with E-state index in [1.54, 1.807) is 0 Å². The number of hydrogen-bond donors (Lipinski definition) is 2. The topological polar surface area (TPSA) is 101 Å². The van der Waals surface area contributed by atoms with Gasteiger partial charge < -0.3 is 20.0 Å². The van der Waals surface area contributed by atoms with Gasteiger partial charge >= 0.3 is 11.9 Å². The molecule has 8 heteroatoms. The third-order valence-corrected chi connectivity index (χ3v) is 7.10. The number of likely N-dealkylation sites (N-methyl/N-ethyl adjacent to an activating group) is 1. The van der Waals surface area contributed by atoms with E-state index in [2.05, 4.69) is 28.8 Å². The largest absolute Gasteiger partial charge is 0.473 e. The van der Waals surface area contributed by atoms with Gasteiger partial charge in [-0.05, 0) is 65.7 Å². The van der Waals surface area contributed by atoms with E-state index in [0.717, 1.165) is 13.1 Å². The molecule has 1 heterocycles. The number of carboxylic acids is 2. The molecule has 1 amide bonds. The van der Waals surface area contributed by atoms with Crippen LogP contribution in [-0.4, -0.2) is 94.6 Å². The van der Waals surface area contributed by atoms with E-state index in [1.807, 2.05) is 0 Å². The van der Waals surface area contributed by atoms with Crippen molar-refractivity contribution in [3.8, 4) is 0 Å². The minimum Gasteiger partial charge on any atom is -0.473 e. The van der Waals surface area contributed by atoms with Crippen molar-refractivity contribution in [2.75, 3.05) is 33.7 Å². The van der Waals surface area contributed by atoms with Gasteiger partial charge in [-0.3, -0.25) is 9.69 Å². The normalized spacial score (nSPS) is 21.9. The van der Waals surface area contributed by atoms with Crippen molar-refractivity contribution in [3.05, 3.63) is 0 Å². The van der Waals surface area contributed by atoms with Crippen molar-refractivity contribution in [3.63, 3.8) is 0 Å². The Morgan fingerprint density at radius 3 is 1.55 bits per heavy atom. The lowest BCUT2D eigenvalue weighted by Crippen LogP contribution is -2.53. The number of hydrogen-bond acceptors (Lipinski definition) is 5. The molecule has 8 nitrogen and oxygen atoms in total. The van der Waals surface area contributed by atoms with Crippen molar-refractivity contribution < 1.29 is 24.6 Å². The summed E-state index contributed by atoms with van der Waals surface area (Å²) < 4.78 is 0. The Balaban J connectivity index is 0.000000501. The summed E-state index contributed by atoms with van der Waals surface area (Å²) >= 11 is 0. The summed E-state index contributed by atoms with van der Waals surface area (Å²) in [5, 5.41) is 14.8. The van der Waals surface area contributed by atoms with Gasteiger partial charge in [0.2, 0.25) is 5.91 Å². The summed E-state index contributed by atoms with van der Waals surface area (Å²) in [5.74, 6) is -3.23. The van der Waals surface area contributed by atoms with Crippen LogP contribution in [0.1, 0.15) is 77.0 Å². The van der Waals surface area contributed by atoms with Crippen LogP contribution in [0.2, 0.25) is 0 Å². The number of carboxylic acid groups (broad SMARTS) is 2. The zero-order valence-corrected chi connectivity index (χ0v) is 19.3. The maximum Gasteiger partial charge on any atom is 0.414 e. The van der Waals surface area contributed by atoms with Gasteiger partial charge in [0.05, 0.1) is 6.54 Å². The van der Waals surface area contributed by atoms with Crippen LogP contribution in [0.4, 0.5) is 0 Å². The standard InChI is InChI=1S/C21H39N3O.C2H2O4/c1-22-15-13-18(14-16-22)23(2)17-21(25)24(19-9-5-3-6-10-19)20-11-7-4-8-12-20;3-1(4)2(5)6/h18-20H,3-17H2,1-2H3;(H,3,4)(H,5,6). The Morgan fingerprint density at radius 1 is 0.742 bits per heavy atom. The molecular weight excluding hydrogens is 398 g/mol. The average molecular weight is 440 g/mol. The molecule has 0 unspecified atom stereocenters. The maximum atomic E-state index is 13.3. The van der Waals surface area contributed by atoms with Crippen LogP contribution in [0.25, 0.3) is 0 Å². The monoisotopic (exact) mass is 439 g/mol. The first-order chi connectivity index (χ1) is 14.8. The number of likely N-dealkylation sites (tertiary alicyclic amines) is 1. The molecule has 1 aliphatic heterocycles. The van der Waals surface area contributed by atoms with Gasteiger partial charge in [-0.2, -0.15) is 0 Å². The summed E-state index contributed by atoms with van der Waals surface area (Å²) in [7, 11) is 4.38. The Bertz CT molecular complexity index is 550. The molecule has 0 radical (unpaired) electrons. The quantitative estimate of drug-likeness (QED) is 0.635. The van der Waals surface area contributed by atoms with Crippen LogP contribution in [0, 0.1) is 0 Å². The van der Waals surface area contributed by atoms with Crippen molar-refractivity contribution in [1.29, 1.82) is 0 Å². The van der Waals surface area contributed by atoms with E-state index in [4.69, 9.17) is 19.8 Å². The molecule has 3 aliphatic rings. The second kappa shape index (κ2) is 13.0. The third kappa shape index (κ3) is 8.41. The fourth-order valence-corrected chi connectivity index (χ4v) is 5.28. The number of amides is 1. The molecule has 3 rings (SSSR count). The van der Waals surface area contributed by atoms with E-state index in [9.17, 15) is 4.79 Å². The van der Waals surface area contributed by atoms with Crippen molar-refractivity contribution in [2.24, 2.45) is 0 Å². The van der Waals surface area contributed by atoms with E-state index in [1.165, 1.54) is 77.0 Å². The predicted molar refractivity (Wildman–Crippen MR) is 119 cm³/mol. The minimum absolute atomic E-state index is 0.417. The van der Waals surface area contributed by atoms with Crippen LogP contribution >= 0.6 is 0 Å². The molecule has 31 heavy (non-hydrogen) atoms. The summed E-state index contributed by atoms with van der Waals surface area (Å²) in [4.78, 5) is 38.7. The number of rotatable bonds is 5. The lowest BCUT2D eigenvalue weighted by molar-refractivity contribution is -0.159. The second-order valence-electron chi connectivity index (χ2n) is 9.44. The van der Waals surface area contributed by atoms with Crippen molar-refractivity contribution in [1.82, 2.24) is 14.7 Å². The minimum atomic E-state index is -1.82. The molecule has 0 aromatic carbocycles. The smallest absolute Gasteiger partial charge is 0.414 e. The Labute approximate surface area is 186 Å². The first-order valence-electron chi connectivity index (χ1n) is 12.0. The zero-order chi connectivity index (χ0) is 22.8. The second-order valence-corrected chi connectivity index (χ2v) is 9.44. The van der Waals surface area contributed by atoms with Crippen LogP contribution in [-0.2, 0) is 14.4 Å². The number of piperidine rings is 1. The Hall–Kier alpha value is -1.67. The summed E-state index contributed by atoms with van der Waals surface area (Å²) in [6, 6.07) is 1.63. The summed E-state index contributed by atoms with van der Waals surface area (Å²) in [6.45, 7) is 2.96. The molecule has 0 spiro atoms. The highest BCUT2D eigenvalue weighted by molar-refractivity contribution is 6.27. The number of aliphatic carboxylic acids is 2. The molecule has 0 aromatic rings. The molecule has 0 bridgehead atoms. The van der Waals surface area contributed by atoms with Gasteiger partial charge in [-0.25, -0.2) is 9.59 Å². The molecule has 178 valence electrons. The molecular formula is C23H41N3O5. The van der Waals surface area contributed by atoms with Crippen molar-refractivity contribution >= 4 is 17.8 Å². The fourth-order valence-electron chi connectivity index (χ4n) is 5.28. The lowest BCUT2D eigenvalue weighted by Gasteiger charge is -2.43. The molecule has 0 atom stereocenters. The van der Waals surface area contributed by atoms with E-state index >= 15 is 0 Å². The van der Waals surface area contributed by atoms with Gasteiger partial charge in [0.1, 0.15) is 0 Å². The number of nitrogens with zero attached hydrogens (tertiary/aromatic N) is 3. The number of carbonyl (C=O) groups excluding carboxylic acids is 1. The van der Waals surface area contributed by atoms with E-state index in [0.29, 0.717) is 30.6 Å². The maximum absolute atomic E-state index is 13.3. The predicted octanol–water partition coefficient (Wildman–Crippen LogP) is 2.66. The zero-order valence-electron chi connectivity index (χ0n) is 19.3. The molecule has 2 N–H and O–H groups in total. The molecule has 0 aromatic heterocycles. The highest BCUT2D eigenvalue weighted by atomic mass is 16.4. The van der Waals surface area contributed by atoms with Crippen LogP contribution < -0.4 is 0 Å². The van der Waals surface area contributed by atoms with Crippen LogP contribution in [0.3, 0.4) is 0 Å². The Morgan fingerprint density at radius 2 is 1.16 bits per heavy atom. The highest BCUT2D eigenvalue weighted by Gasteiger charge is 2.33. The third-order valence-electron chi connectivity index (χ3n) is 7.10. The summed E-state index contributed by atoms with van der Waals surface area (Å²) in [5.41, 5.74) is 0. The molecule has 3 fully saturated rings. The fraction of sp³-hybridized carbons (Fsp3) is 0.870. The van der Waals surface area contributed by atoms with Crippen LogP contribution in [0.5, 0.6) is 0 Å². The molecule has 1 saturated heterocycles. The first-order valence-corrected chi connectivity index (χ1v) is 12.0. The van der Waals surface area contributed by atoms with E-state index < -0.39 is 11.9 Å². The lowest BCUT2D eigenvalue weighted by atomic mass is 9.88. The van der Waals surface area contributed by atoms with Crippen molar-refractivity contribution in [2.45, 2.75) is 95.2 Å². The Kier molecular flexibility index (Phi) is 10.7. The van der Waals surface area contributed by atoms with Gasteiger partial charge in [-0.15, -0.1) is 0 Å². The molecule has 2 aliphatic carbocycles. The van der Waals surface area contributed by atoms with E-state index in [-0.39, 0.29) is 0 Å². The molecule has 2 saturated carbocycles. The van der Waals surface area contributed by atoms with Gasteiger partial charge in [0.25, 0.3) is 0 Å². The average Bonchev–Trinajstić information content (AvgIpc) is 2.76. The SMILES string of the molecule is CN1CCC(N(C)CC(=O)N(C2CCCCC2)C2CCCCC2)CC1.O=C(O)C(=O)O. The van der Waals surface area contributed by atoms with Gasteiger partial charge in [0, 0.05) is 18.1 Å². The van der Waals surface area contributed by atoms with Crippen LogP contribution in [0.15, 0.2) is 0 Å². The number of carbonyl (C=O) groups is 3.